The van der Waals surface area contributed by atoms with E-state index in [-0.39, 0.29) is 17.9 Å². The highest BCUT2D eigenvalue weighted by Gasteiger charge is 2.27. The molecule has 6 rings (SSSR count). The zero-order valence-corrected chi connectivity index (χ0v) is 23.4. The lowest BCUT2D eigenvalue weighted by Crippen LogP contribution is -2.07. The van der Waals surface area contributed by atoms with E-state index in [2.05, 4.69) is 36.1 Å². The van der Waals surface area contributed by atoms with Crippen LogP contribution < -0.4 is 25.4 Å². The number of halogens is 1. The maximum Gasteiger partial charge on any atom is 0.233 e. The van der Waals surface area contributed by atoms with Gasteiger partial charge in [0.15, 0.2) is 6.10 Å². The summed E-state index contributed by atoms with van der Waals surface area (Å²) in [6.07, 6.45) is 0.294. The molecule has 0 amide bonds. The van der Waals surface area contributed by atoms with Gasteiger partial charge in [0, 0.05) is 29.0 Å². The van der Waals surface area contributed by atoms with Crippen LogP contribution in [-0.4, -0.2) is 34.9 Å². The highest BCUT2D eigenvalue weighted by atomic mass is 19.1. The molecule has 0 bridgehead atoms. The van der Waals surface area contributed by atoms with Crippen molar-refractivity contribution in [2.75, 3.05) is 30.2 Å². The van der Waals surface area contributed by atoms with Crippen LogP contribution in [-0.2, 0) is 4.84 Å². The summed E-state index contributed by atoms with van der Waals surface area (Å²) in [7, 11) is 3.25. The molecule has 0 spiro atoms. The first-order chi connectivity index (χ1) is 21.1. The van der Waals surface area contributed by atoms with Crippen LogP contribution in [0.5, 0.6) is 11.5 Å². The quantitative estimate of drug-likeness (QED) is 0.160. The third-order valence-electron chi connectivity index (χ3n) is 6.69. The molecule has 216 valence electrons. The lowest BCUT2D eigenvalue weighted by Gasteiger charge is -2.14. The Morgan fingerprint density at radius 3 is 1.86 bits per heavy atom. The van der Waals surface area contributed by atoms with E-state index in [1.165, 1.54) is 12.1 Å². The number of nitrogens with zero attached hydrogens (tertiary/aromatic N) is 4. The van der Waals surface area contributed by atoms with Crippen molar-refractivity contribution >= 4 is 40.6 Å². The molecule has 1 aliphatic heterocycles. The number of ether oxygens (including phenoxy) is 2. The first-order valence-electron chi connectivity index (χ1n) is 13.5. The molecule has 1 aromatic heterocycles. The fourth-order valence-corrected chi connectivity index (χ4v) is 4.54. The molecule has 0 saturated heterocycles. The molecular formula is C32H28FN7O3. The summed E-state index contributed by atoms with van der Waals surface area (Å²) in [5.74, 6) is 2.05. The average molecular weight is 578 g/mol. The smallest absolute Gasteiger partial charge is 0.233 e. The van der Waals surface area contributed by atoms with Gasteiger partial charge in [-0.3, -0.25) is 0 Å². The molecule has 1 atom stereocenters. The van der Waals surface area contributed by atoms with Gasteiger partial charge in [0.1, 0.15) is 17.3 Å². The minimum absolute atomic E-state index is 0.286. The van der Waals surface area contributed by atoms with E-state index in [0.29, 0.717) is 29.8 Å². The number of hydrogen-bond donors (Lipinski definition) is 3. The van der Waals surface area contributed by atoms with E-state index >= 15 is 0 Å². The number of methoxy groups -OCH3 is 2. The van der Waals surface area contributed by atoms with E-state index in [1.807, 2.05) is 72.8 Å². The molecule has 0 radical (unpaired) electrons. The van der Waals surface area contributed by atoms with Gasteiger partial charge in [0.25, 0.3) is 0 Å². The average Bonchev–Trinajstić information content (AvgIpc) is 3.53. The molecule has 0 saturated carbocycles. The van der Waals surface area contributed by atoms with Crippen molar-refractivity contribution in [3.8, 4) is 11.5 Å². The Kier molecular flexibility index (Phi) is 7.94. The summed E-state index contributed by atoms with van der Waals surface area (Å²) in [5.41, 5.74) is 4.84. The number of nitrogens with one attached hydrogen (secondary N) is 3. The van der Waals surface area contributed by atoms with Crippen molar-refractivity contribution in [2.45, 2.75) is 12.5 Å². The van der Waals surface area contributed by atoms with E-state index in [0.717, 1.165) is 34.0 Å². The Bertz CT molecular complexity index is 1730. The number of hydrogen-bond acceptors (Lipinski definition) is 10. The van der Waals surface area contributed by atoms with Gasteiger partial charge < -0.3 is 30.3 Å². The van der Waals surface area contributed by atoms with Crippen molar-refractivity contribution in [3.63, 3.8) is 0 Å². The van der Waals surface area contributed by atoms with Crippen molar-refractivity contribution in [3.05, 3.63) is 114 Å². The van der Waals surface area contributed by atoms with E-state index in [9.17, 15) is 4.39 Å². The summed E-state index contributed by atoms with van der Waals surface area (Å²) in [4.78, 5) is 19.3. The summed E-state index contributed by atoms with van der Waals surface area (Å²) in [5, 5.41) is 13.9. The third-order valence-corrected chi connectivity index (χ3v) is 6.69. The van der Waals surface area contributed by atoms with E-state index in [4.69, 9.17) is 14.3 Å². The summed E-state index contributed by atoms with van der Waals surface area (Å²) < 4.78 is 24.3. The van der Waals surface area contributed by atoms with Crippen LogP contribution in [0.2, 0.25) is 0 Å². The number of aromatic nitrogens is 3. The van der Waals surface area contributed by atoms with Crippen molar-refractivity contribution in [1.82, 2.24) is 15.0 Å². The van der Waals surface area contributed by atoms with Crippen LogP contribution in [0.25, 0.3) is 0 Å². The fraction of sp³-hybridized carbons (Fsp3) is 0.125. The molecule has 10 nitrogen and oxygen atoms in total. The Hall–Kier alpha value is -5.71. The topological polar surface area (TPSA) is 115 Å². The lowest BCUT2D eigenvalue weighted by atomic mass is 9.99. The molecule has 1 aliphatic rings. The maximum atomic E-state index is 13.4. The number of benzene rings is 4. The second-order valence-electron chi connectivity index (χ2n) is 9.58. The monoisotopic (exact) mass is 577 g/mol. The first-order valence-corrected chi connectivity index (χ1v) is 13.5. The zero-order valence-electron chi connectivity index (χ0n) is 23.4. The van der Waals surface area contributed by atoms with Crippen molar-refractivity contribution < 1.29 is 18.7 Å². The highest BCUT2D eigenvalue weighted by Crippen LogP contribution is 2.37. The van der Waals surface area contributed by atoms with Crippen LogP contribution in [0.15, 0.2) is 102 Å². The largest absolute Gasteiger partial charge is 0.497 e. The van der Waals surface area contributed by atoms with Gasteiger partial charge >= 0.3 is 0 Å². The summed E-state index contributed by atoms with van der Waals surface area (Å²) in [6, 6.07) is 28.9. The molecule has 3 N–H and O–H groups in total. The molecule has 4 aromatic carbocycles. The minimum Gasteiger partial charge on any atom is -0.497 e. The second-order valence-corrected chi connectivity index (χ2v) is 9.58. The van der Waals surface area contributed by atoms with E-state index in [1.54, 1.807) is 26.4 Å². The van der Waals surface area contributed by atoms with Gasteiger partial charge in [-0.15, -0.1) is 0 Å². The fourth-order valence-electron chi connectivity index (χ4n) is 4.54. The van der Waals surface area contributed by atoms with Crippen LogP contribution in [0.1, 0.15) is 23.7 Å². The second kappa shape index (κ2) is 12.4. The number of para-hydroxylation sites is 1. The Labute approximate surface area is 247 Å². The number of anilines is 6. The zero-order chi connectivity index (χ0) is 29.6. The molecule has 1 unspecified atom stereocenters. The third kappa shape index (κ3) is 6.62. The van der Waals surface area contributed by atoms with Crippen LogP contribution in [0, 0.1) is 5.82 Å². The van der Waals surface area contributed by atoms with Crippen LogP contribution in [0.3, 0.4) is 0 Å². The van der Waals surface area contributed by atoms with Crippen LogP contribution in [0.4, 0.5) is 39.3 Å². The van der Waals surface area contributed by atoms with Gasteiger partial charge in [-0.1, -0.05) is 35.5 Å². The van der Waals surface area contributed by atoms with Gasteiger partial charge in [0.2, 0.25) is 17.8 Å². The molecule has 2 heterocycles. The van der Waals surface area contributed by atoms with Gasteiger partial charge in [-0.25, -0.2) is 4.39 Å². The van der Waals surface area contributed by atoms with Crippen molar-refractivity contribution in [1.29, 1.82) is 0 Å². The molecule has 0 fully saturated rings. The highest BCUT2D eigenvalue weighted by molar-refractivity contribution is 6.01. The Morgan fingerprint density at radius 1 is 0.698 bits per heavy atom. The minimum atomic E-state index is -0.330. The Balaban J connectivity index is 1.19. The summed E-state index contributed by atoms with van der Waals surface area (Å²) >= 11 is 0. The van der Waals surface area contributed by atoms with E-state index < -0.39 is 0 Å². The molecule has 5 aromatic rings. The maximum absolute atomic E-state index is 13.4. The molecule has 43 heavy (non-hydrogen) atoms. The summed E-state index contributed by atoms with van der Waals surface area (Å²) in [6.45, 7) is 0. The van der Waals surface area contributed by atoms with Crippen molar-refractivity contribution in [2.24, 2.45) is 5.16 Å². The Morgan fingerprint density at radius 2 is 1.28 bits per heavy atom. The van der Waals surface area contributed by atoms with Gasteiger partial charge in [-0.05, 0) is 72.3 Å². The molecule has 11 heteroatoms. The van der Waals surface area contributed by atoms with Crippen LogP contribution >= 0.6 is 0 Å². The van der Waals surface area contributed by atoms with Gasteiger partial charge in [0.05, 0.1) is 19.9 Å². The number of rotatable bonds is 10. The molecular weight excluding hydrogens is 549 g/mol. The SMILES string of the molecule is COc1ccc(OC)c(C2CC(c3ccc(Nc4nc(Nc5ccccc5)nc(Nc5ccc(F)cc5)n4)cc3)=NO2)c1. The number of oxime groups is 1. The predicted octanol–water partition coefficient (Wildman–Crippen LogP) is 7.12. The predicted molar refractivity (Wildman–Crippen MR) is 163 cm³/mol. The van der Waals surface area contributed by atoms with Gasteiger partial charge in [-0.2, -0.15) is 15.0 Å². The standard InChI is InChI=1S/C32H28FN7O3/c1-41-25-16-17-28(42-2)26(18-25)29-19-27(40-43-29)20-8-12-23(13-9-20)35-31-37-30(34-22-6-4-3-5-7-22)38-32(39-31)36-24-14-10-21(33)11-15-24/h3-18,29H,19H2,1-2H3,(H3,34,35,36,37,38,39). The molecule has 0 aliphatic carbocycles. The lowest BCUT2D eigenvalue weighted by molar-refractivity contribution is 0.0835. The first kappa shape index (κ1) is 27.5. The normalized spacial score (nSPS) is 13.9.